The van der Waals surface area contributed by atoms with E-state index in [1.807, 2.05) is 0 Å². The van der Waals surface area contributed by atoms with Gasteiger partial charge in [0.1, 0.15) is 0 Å². The van der Waals surface area contributed by atoms with Crippen molar-refractivity contribution in [1.29, 1.82) is 0 Å². The normalized spacial score (nSPS) is 22.9. The molecule has 0 heterocycles. The van der Waals surface area contributed by atoms with Crippen molar-refractivity contribution in [2.24, 2.45) is 11.8 Å². The minimum absolute atomic E-state index is 0.142. The standard InChI is InChI=1S/C12H15ClN2O/c1-7-4-8(7)6-15-12(16)10-5-9(14)2-3-11(10)13/h2-3,5,7-8H,4,6,14H2,1H3,(H,15,16). The molecule has 1 aromatic carbocycles. The Labute approximate surface area is 100.0 Å². The van der Waals surface area contributed by atoms with Gasteiger partial charge in [-0.25, -0.2) is 0 Å². The Kier molecular flexibility index (Phi) is 3.06. The van der Waals surface area contributed by atoms with E-state index in [0.717, 1.165) is 12.5 Å². The van der Waals surface area contributed by atoms with Crippen LogP contribution in [0, 0.1) is 11.8 Å². The van der Waals surface area contributed by atoms with Crippen LogP contribution in [0.3, 0.4) is 0 Å². The van der Waals surface area contributed by atoms with Crippen LogP contribution < -0.4 is 11.1 Å². The molecule has 1 aliphatic rings. The van der Waals surface area contributed by atoms with E-state index in [1.54, 1.807) is 18.2 Å². The number of halogens is 1. The van der Waals surface area contributed by atoms with Gasteiger partial charge >= 0.3 is 0 Å². The van der Waals surface area contributed by atoms with E-state index >= 15 is 0 Å². The fourth-order valence-corrected chi connectivity index (χ4v) is 1.92. The van der Waals surface area contributed by atoms with E-state index in [-0.39, 0.29) is 5.91 Å². The molecule has 2 rings (SSSR count). The van der Waals surface area contributed by atoms with Crippen LogP contribution in [0.25, 0.3) is 0 Å². The number of nitrogen functional groups attached to an aromatic ring is 1. The molecular formula is C12H15ClN2O. The lowest BCUT2D eigenvalue weighted by Crippen LogP contribution is -2.26. The molecule has 2 unspecified atom stereocenters. The van der Waals surface area contributed by atoms with Crippen LogP contribution in [0.4, 0.5) is 5.69 Å². The molecule has 16 heavy (non-hydrogen) atoms. The van der Waals surface area contributed by atoms with Crippen molar-refractivity contribution in [3.8, 4) is 0 Å². The molecule has 1 amide bonds. The third-order valence-electron chi connectivity index (χ3n) is 3.04. The van der Waals surface area contributed by atoms with Gasteiger partial charge in [0.15, 0.2) is 0 Å². The molecule has 1 fully saturated rings. The summed E-state index contributed by atoms with van der Waals surface area (Å²) in [4.78, 5) is 11.8. The third-order valence-corrected chi connectivity index (χ3v) is 3.37. The summed E-state index contributed by atoms with van der Waals surface area (Å²) in [5.41, 5.74) is 6.62. The van der Waals surface area contributed by atoms with Crippen molar-refractivity contribution in [3.63, 3.8) is 0 Å². The highest BCUT2D eigenvalue weighted by Crippen LogP contribution is 2.36. The van der Waals surface area contributed by atoms with Crippen molar-refractivity contribution in [2.75, 3.05) is 12.3 Å². The second-order valence-electron chi connectivity index (χ2n) is 4.42. The highest BCUT2D eigenvalue weighted by Gasteiger charge is 2.32. The predicted octanol–water partition coefficient (Wildman–Crippen LogP) is 2.31. The molecule has 0 radical (unpaired) electrons. The number of amides is 1. The number of hydrogen-bond donors (Lipinski definition) is 2. The van der Waals surface area contributed by atoms with Crippen LogP contribution in [-0.2, 0) is 0 Å². The van der Waals surface area contributed by atoms with Gasteiger partial charge in [-0.2, -0.15) is 0 Å². The number of anilines is 1. The molecule has 1 aromatic rings. The van der Waals surface area contributed by atoms with Crippen LogP contribution in [0.15, 0.2) is 18.2 Å². The zero-order valence-corrected chi connectivity index (χ0v) is 9.92. The number of nitrogens with one attached hydrogen (secondary N) is 1. The average Bonchev–Trinajstić information content (AvgIpc) is 2.95. The maximum Gasteiger partial charge on any atom is 0.252 e. The summed E-state index contributed by atoms with van der Waals surface area (Å²) in [7, 11) is 0. The van der Waals surface area contributed by atoms with E-state index in [0.29, 0.717) is 22.2 Å². The highest BCUT2D eigenvalue weighted by molar-refractivity contribution is 6.34. The zero-order valence-electron chi connectivity index (χ0n) is 9.16. The number of carbonyl (C=O) groups excluding carboxylic acids is 1. The first kappa shape index (κ1) is 11.3. The molecule has 0 spiro atoms. The number of carbonyl (C=O) groups is 1. The van der Waals surface area contributed by atoms with E-state index in [2.05, 4.69) is 12.2 Å². The Morgan fingerprint density at radius 2 is 2.31 bits per heavy atom. The predicted molar refractivity (Wildman–Crippen MR) is 65.5 cm³/mol. The highest BCUT2D eigenvalue weighted by atomic mass is 35.5. The SMILES string of the molecule is CC1CC1CNC(=O)c1cc(N)ccc1Cl. The van der Waals surface area contributed by atoms with Gasteiger partial charge in [-0.1, -0.05) is 18.5 Å². The maximum atomic E-state index is 11.8. The van der Waals surface area contributed by atoms with E-state index in [9.17, 15) is 4.79 Å². The summed E-state index contributed by atoms with van der Waals surface area (Å²) in [6.45, 7) is 2.91. The lowest BCUT2D eigenvalue weighted by atomic mass is 10.2. The lowest BCUT2D eigenvalue weighted by molar-refractivity contribution is 0.0951. The maximum absolute atomic E-state index is 11.8. The van der Waals surface area contributed by atoms with Crippen LogP contribution >= 0.6 is 11.6 Å². The van der Waals surface area contributed by atoms with Gasteiger partial charge in [-0.3, -0.25) is 4.79 Å². The number of nitrogens with two attached hydrogens (primary N) is 1. The fourth-order valence-electron chi connectivity index (χ4n) is 1.72. The zero-order chi connectivity index (χ0) is 11.7. The van der Waals surface area contributed by atoms with Gasteiger partial charge in [-0.15, -0.1) is 0 Å². The molecule has 2 atom stereocenters. The quantitative estimate of drug-likeness (QED) is 0.794. The Hall–Kier alpha value is -1.22. The van der Waals surface area contributed by atoms with E-state index in [4.69, 9.17) is 17.3 Å². The number of rotatable bonds is 3. The molecule has 1 saturated carbocycles. The Bertz CT molecular complexity index is 419. The van der Waals surface area contributed by atoms with Crippen molar-refractivity contribution >= 4 is 23.2 Å². The minimum Gasteiger partial charge on any atom is -0.399 e. The van der Waals surface area contributed by atoms with Crippen molar-refractivity contribution in [1.82, 2.24) is 5.32 Å². The van der Waals surface area contributed by atoms with E-state index < -0.39 is 0 Å². The Balaban J connectivity index is 1.99. The second kappa shape index (κ2) is 4.34. The van der Waals surface area contributed by atoms with Gasteiger partial charge in [0.2, 0.25) is 0 Å². The summed E-state index contributed by atoms with van der Waals surface area (Å²) >= 11 is 5.93. The van der Waals surface area contributed by atoms with E-state index in [1.165, 1.54) is 6.42 Å². The Morgan fingerprint density at radius 3 is 2.94 bits per heavy atom. The first-order chi connectivity index (χ1) is 7.58. The molecule has 1 aliphatic carbocycles. The second-order valence-corrected chi connectivity index (χ2v) is 4.83. The molecule has 3 N–H and O–H groups in total. The molecular weight excluding hydrogens is 224 g/mol. The van der Waals surface area contributed by atoms with Crippen LogP contribution in [0.5, 0.6) is 0 Å². The molecule has 86 valence electrons. The van der Waals surface area contributed by atoms with Gasteiger partial charge in [0.05, 0.1) is 10.6 Å². The van der Waals surface area contributed by atoms with Crippen LogP contribution in [-0.4, -0.2) is 12.5 Å². The lowest BCUT2D eigenvalue weighted by Gasteiger charge is -2.06. The van der Waals surface area contributed by atoms with Crippen LogP contribution in [0.1, 0.15) is 23.7 Å². The topological polar surface area (TPSA) is 55.1 Å². The monoisotopic (exact) mass is 238 g/mol. The molecule has 0 bridgehead atoms. The van der Waals surface area contributed by atoms with Crippen LogP contribution in [0.2, 0.25) is 5.02 Å². The molecule has 0 saturated heterocycles. The number of hydrogen-bond acceptors (Lipinski definition) is 2. The van der Waals surface area contributed by atoms with Gasteiger partial charge in [-0.05, 0) is 36.5 Å². The summed E-state index contributed by atoms with van der Waals surface area (Å²) in [5.74, 6) is 1.22. The molecule has 0 aromatic heterocycles. The summed E-state index contributed by atoms with van der Waals surface area (Å²) < 4.78 is 0. The van der Waals surface area contributed by atoms with Gasteiger partial charge in [0, 0.05) is 12.2 Å². The molecule has 0 aliphatic heterocycles. The molecule has 3 nitrogen and oxygen atoms in total. The van der Waals surface area contributed by atoms with Crippen molar-refractivity contribution in [2.45, 2.75) is 13.3 Å². The summed E-state index contributed by atoms with van der Waals surface area (Å²) in [6, 6.07) is 4.93. The largest absolute Gasteiger partial charge is 0.399 e. The number of benzene rings is 1. The minimum atomic E-state index is -0.142. The third kappa shape index (κ3) is 2.47. The average molecular weight is 239 g/mol. The van der Waals surface area contributed by atoms with Gasteiger partial charge in [0.25, 0.3) is 5.91 Å². The Morgan fingerprint density at radius 1 is 1.62 bits per heavy atom. The first-order valence-electron chi connectivity index (χ1n) is 5.41. The van der Waals surface area contributed by atoms with Crippen molar-refractivity contribution < 1.29 is 4.79 Å². The summed E-state index contributed by atoms with van der Waals surface area (Å²) in [6.07, 6.45) is 1.20. The summed E-state index contributed by atoms with van der Waals surface area (Å²) in [5, 5.41) is 3.32. The van der Waals surface area contributed by atoms with Crippen molar-refractivity contribution in [3.05, 3.63) is 28.8 Å². The smallest absolute Gasteiger partial charge is 0.252 e. The van der Waals surface area contributed by atoms with Gasteiger partial charge < -0.3 is 11.1 Å². The fraction of sp³-hybridized carbons (Fsp3) is 0.417. The molecule has 4 heteroatoms. The first-order valence-corrected chi connectivity index (χ1v) is 5.79.